The monoisotopic (exact) mass is 146 g/mol. The lowest BCUT2D eigenvalue weighted by atomic mass is 9.94. The van der Waals surface area contributed by atoms with E-state index < -0.39 is 0 Å². The Morgan fingerprint density at radius 3 is 2.00 bits per heavy atom. The SMILES string of the molecule is CC(=S)[C@@H](CO)C(C)C. The normalized spacial score (nSPS) is 13.9. The summed E-state index contributed by atoms with van der Waals surface area (Å²) in [6.07, 6.45) is 0. The van der Waals surface area contributed by atoms with Crippen LogP contribution in [0, 0.1) is 11.8 Å². The average molecular weight is 146 g/mol. The third-order valence-electron chi connectivity index (χ3n) is 1.52. The van der Waals surface area contributed by atoms with Gasteiger partial charge in [0, 0.05) is 5.92 Å². The van der Waals surface area contributed by atoms with Crippen LogP contribution in [0.5, 0.6) is 0 Å². The van der Waals surface area contributed by atoms with Gasteiger partial charge < -0.3 is 5.11 Å². The van der Waals surface area contributed by atoms with E-state index in [1.54, 1.807) is 0 Å². The van der Waals surface area contributed by atoms with Crippen molar-refractivity contribution in [3.8, 4) is 0 Å². The summed E-state index contributed by atoms with van der Waals surface area (Å²) in [7, 11) is 0. The van der Waals surface area contributed by atoms with E-state index in [1.165, 1.54) is 0 Å². The van der Waals surface area contributed by atoms with Gasteiger partial charge in [-0.1, -0.05) is 26.1 Å². The fourth-order valence-corrected chi connectivity index (χ4v) is 1.16. The van der Waals surface area contributed by atoms with Gasteiger partial charge in [-0.15, -0.1) is 0 Å². The molecule has 0 bridgehead atoms. The molecule has 0 spiro atoms. The highest BCUT2D eigenvalue weighted by Gasteiger charge is 2.12. The van der Waals surface area contributed by atoms with Crippen LogP contribution in [-0.2, 0) is 0 Å². The van der Waals surface area contributed by atoms with Gasteiger partial charge in [0.15, 0.2) is 0 Å². The molecule has 0 saturated carbocycles. The van der Waals surface area contributed by atoms with Gasteiger partial charge in [0.05, 0.1) is 6.61 Å². The third-order valence-corrected chi connectivity index (χ3v) is 1.83. The van der Waals surface area contributed by atoms with E-state index in [0.717, 1.165) is 4.86 Å². The first-order valence-corrected chi connectivity index (χ1v) is 3.61. The molecule has 2 heteroatoms. The highest BCUT2D eigenvalue weighted by atomic mass is 32.1. The molecule has 0 radical (unpaired) electrons. The maximum absolute atomic E-state index is 8.78. The Bertz CT molecular complexity index is 99.1. The Balaban J connectivity index is 3.83. The number of thiocarbonyl (C=S) groups is 1. The summed E-state index contributed by atoms with van der Waals surface area (Å²) in [5.74, 6) is 0.674. The standard InChI is InChI=1S/C7H14OS/c1-5(2)7(4-8)6(3)9/h5,7-8H,4H2,1-3H3/t7-/m0/s1. The summed E-state index contributed by atoms with van der Waals surface area (Å²) in [6.45, 7) is 6.20. The maximum atomic E-state index is 8.78. The molecule has 0 aromatic heterocycles. The Morgan fingerprint density at radius 2 is 2.00 bits per heavy atom. The first kappa shape index (κ1) is 9.05. The second kappa shape index (κ2) is 3.96. The van der Waals surface area contributed by atoms with Gasteiger partial charge in [-0.25, -0.2) is 0 Å². The zero-order valence-corrected chi connectivity index (χ0v) is 7.03. The van der Waals surface area contributed by atoms with E-state index in [0.29, 0.717) is 5.92 Å². The predicted octanol–water partition coefficient (Wildman–Crippen LogP) is 1.64. The Kier molecular flexibility index (Phi) is 3.98. The number of aliphatic hydroxyl groups is 1. The highest BCUT2D eigenvalue weighted by molar-refractivity contribution is 7.80. The molecule has 1 atom stereocenters. The fraction of sp³-hybridized carbons (Fsp3) is 0.857. The Labute approximate surface area is 62.1 Å². The van der Waals surface area contributed by atoms with E-state index in [-0.39, 0.29) is 12.5 Å². The molecule has 0 heterocycles. The van der Waals surface area contributed by atoms with Crippen molar-refractivity contribution in [1.29, 1.82) is 0 Å². The summed E-state index contributed by atoms with van der Waals surface area (Å²) in [4.78, 5) is 0.910. The summed E-state index contributed by atoms with van der Waals surface area (Å²) >= 11 is 4.93. The van der Waals surface area contributed by atoms with Crippen molar-refractivity contribution in [3.63, 3.8) is 0 Å². The van der Waals surface area contributed by atoms with Crippen molar-refractivity contribution in [2.45, 2.75) is 20.8 Å². The van der Waals surface area contributed by atoms with Crippen LogP contribution in [0.2, 0.25) is 0 Å². The van der Waals surface area contributed by atoms with Gasteiger partial charge in [0.2, 0.25) is 0 Å². The number of hydrogen-bond acceptors (Lipinski definition) is 2. The minimum absolute atomic E-state index is 0.188. The van der Waals surface area contributed by atoms with Gasteiger partial charge in [0.1, 0.15) is 0 Å². The van der Waals surface area contributed by atoms with Crippen molar-refractivity contribution in [3.05, 3.63) is 0 Å². The molecular formula is C7H14OS. The van der Waals surface area contributed by atoms with Gasteiger partial charge in [-0.05, 0) is 17.7 Å². The molecule has 0 saturated heterocycles. The lowest BCUT2D eigenvalue weighted by Crippen LogP contribution is -2.19. The lowest BCUT2D eigenvalue weighted by molar-refractivity contribution is 0.234. The van der Waals surface area contributed by atoms with Crippen LogP contribution in [0.1, 0.15) is 20.8 Å². The number of aliphatic hydroxyl groups excluding tert-OH is 1. The van der Waals surface area contributed by atoms with Gasteiger partial charge in [0.25, 0.3) is 0 Å². The zero-order valence-electron chi connectivity index (χ0n) is 6.22. The van der Waals surface area contributed by atoms with E-state index in [9.17, 15) is 0 Å². The van der Waals surface area contributed by atoms with Crippen LogP contribution in [0.15, 0.2) is 0 Å². The van der Waals surface area contributed by atoms with E-state index >= 15 is 0 Å². The van der Waals surface area contributed by atoms with Crippen LogP contribution < -0.4 is 0 Å². The quantitative estimate of drug-likeness (QED) is 0.611. The van der Waals surface area contributed by atoms with Crippen molar-refractivity contribution < 1.29 is 5.11 Å². The summed E-state index contributed by atoms with van der Waals surface area (Å²) in [5, 5.41) is 8.78. The lowest BCUT2D eigenvalue weighted by Gasteiger charge is -2.15. The first-order valence-electron chi connectivity index (χ1n) is 3.21. The first-order chi connectivity index (χ1) is 4.09. The van der Waals surface area contributed by atoms with Gasteiger partial charge >= 0.3 is 0 Å². The van der Waals surface area contributed by atoms with Crippen LogP contribution in [0.3, 0.4) is 0 Å². The van der Waals surface area contributed by atoms with Crippen molar-refractivity contribution in [2.75, 3.05) is 6.61 Å². The predicted molar refractivity (Wildman–Crippen MR) is 43.7 cm³/mol. The molecule has 0 aliphatic rings. The summed E-state index contributed by atoms with van der Waals surface area (Å²) in [5.41, 5.74) is 0. The van der Waals surface area contributed by atoms with Crippen molar-refractivity contribution >= 4 is 17.1 Å². The Morgan fingerprint density at radius 1 is 1.56 bits per heavy atom. The maximum Gasteiger partial charge on any atom is 0.0507 e. The third kappa shape index (κ3) is 2.92. The summed E-state index contributed by atoms with van der Waals surface area (Å²) in [6, 6.07) is 0. The molecule has 1 N–H and O–H groups in total. The van der Waals surface area contributed by atoms with Gasteiger partial charge in [-0.2, -0.15) is 0 Å². The largest absolute Gasteiger partial charge is 0.396 e. The molecule has 0 amide bonds. The number of hydrogen-bond donors (Lipinski definition) is 1. The number of rotatable bonds is 3. The minimum Gasteiger partial charge on any atom is -0.396 e. The fourth-order valence-electron chi connectivity index (χ4n) is 0.809. The van der Waals surface area contributed by atoms with E-state index in [1.807, 2.05) is 6.92 Å². The second-order valence-electron chi connectivity index (χ2n) is 2.64. The molecule has 0 unspecified atom stereocenters. The van der Waals surface area contributed by atoms with Gasteiger partial charge in [-0.3, -0.25) is 0 Å². The molecule has 0 aromatic carbocycles. The molecule has 1 nitrogen and oxygen atoms in total. The topological polar surface area (TPSA) is 20.2 Å². The molecule has 0 rings (SSSR count). The van der Waals surface area contributed by atoms with E-state index in [4.69, 9.17) is 17.3 Å². The molecule has 0 fully saturated rings. The van der Waals surface area contributed by atoms with Crippen molar-refractivity contribution in [2.24, 2.45) is 11.8 Å². The van der Waals surface area contributed by atoms with E-state index in [2.05, 4.69) is 13.8 Å². The zero-order chi connectivity index (χ0) is 7.44. The summed E-state index contributed by atoms with van der Waals surface area (Å²) < 4.78 is 0. The smallest absolute Gasteiger partial charge is 0.0507 e. The van der Waals surface area contributed by atoms with Crippen LogP contribution in [-0.4, -0.2) is 16.6 Å². The van der Waals surface area contributed by atoms with Crippen LogP contribution in [0.4, 0.5) is 0 Å². The van der Waals surface area contributed by atoms with Crippen LogP contribution in [0.25, 0.3) is 0 Å². The Hall–Kier alpha value is 0.0500. The minimum atomic E-state index is 0.188. The molecule has 0 aliphatic carbocycles. The van der Waals surface area contributed by atoms with Crippen LogP contribution >= 0.6 is 12.2 Å². The second-order valence-corrected chi connectivity index (χ2v) is 3.29. The highest BCUT2D eigenvalue weighted by Crippen LogP contribution is 2.11. The molecular weight excluding hydrogens is 132 g/mol. The van der Waals surface area contributed by atoms with Crippen molar-refractivity contribution in [1.82, 2.24) is 0 Å². The molecule has 0 aromatic rings. The average Bonchev–Trinajstić information content (AvgIpc) is 1.64. The molecule has 9 heavy (non-hydrogen) atoms. The molecule has 0 aliphatic heterocycles. The molecule has 54 valence electrons.